The van der Waals surface area contributed by atoms with Crippen molar-refractivity contribution < 1.29 is 81.1 Å². The summed E-state index contributed by atoms with van der Waals surface area (Å²) in [6, 6.07) is 0. The van der Waals surface area contributed by atoms with Crippen LogP contribution in [0, 0.1) is 0 Å². The number of hydrogen-bond acceptors (Lipinski definition) is 2. The van der Waals surface area contributed by atoms with Crippen molar-refractivity contribution >= 4 is 13.8 Å². The molecule has 0 aromatic carbocycles. The summed E-state index contributed by atoms with van der Waals surface area (Å²) in [4.78, 5) is 10.4. The Balaban J connectivity index is 0. The Labute approximate surface area is 100 Å². The van der Waals surface area contributed by atoms with Crippen molar-refractivity contribution in [2.45, 2.75) is 6.92 Å². The molecule has 6 heteroatoms. The fourth-order valence-electron chi connectivity index (χ4n) is 0.151. The average Bonchev–Trinajstić information content (AvgIpc) is 1.90. The summed E-state index contributed by atoms with van der Waals surface area (Å²) >= 11 is 5.33. The van der Waals surface area contributed by atoms with Gasteiger partial charge in [-0.1, -0.05) is 0 Å². The Kier molecular flexibility index (Phi) is 13.5. The van der Waals surface area contributed by atoms with Crippen molar-refractivity contribution in [1.82, 2.24) is 0 Å². The maximum atomic E-state index is 10.4. The Hall–Kier alpha value is 2.12. The number of rotatable bonds is 2. The summed E-state index contributed by atoms with van der Waals surface area (Å²) in [6.07, 6.45) is 0. The second kappa shape index (κ2) is 9.21. The first kappa shape index (κ1) is 14.6. The minimum atomic E-state index is -0.0208. The molecule has 0 aromatic rings. The Morgan fingerprint density at radius 2 is 1.60 bits per heavy atom. The Morgan fingerprint density at radius 3 is 1.60 bits per heavy atom. The van der Waals surface area contributed by atoms with Gasteiger partial charge >= 0.3 is 102 Å². The molecule has 0 saturated carbocycles. The van der Waals surface area contributed by atoms with Crippen LogP contribution in [0.2, 0.25) is 0 Å². The molecule has 0 aromatic heterocycles. The quantitative estimate of drug-likeness (QED) is 0.403. The average molecular weight is 819 g/mol. The van der Waals surface area contributed by atoms with Gasteiger partial charge < -0.3 is 0 Å². The SMILES string of the molecule is CC(=O)[C](=[W])[C](O)=[W].[W]=[W]. The number of aliphatic hydroxyl groups is 1. The summed E-state index contributed by atoms with van der Waals surface area (Å²) in [5, 5.41) is 8.71. The molecule has 0 aliphatic carbocycles. The summed E-state index contributed by atoms with van der Waals surface area (Å²) in [6.45, 7) is 1.46. The topological polar surface area (TPSA) is 37.3 Å². The van der Waals surface area contributed by atoms with Crippen molar-refractivity contribution in [1.29, 1.82) is 0 Å². The van der Waals surface area contributed by atoms with Crippen LogP contribution in [0.3, 0.4) is 0 Å². The minimum absolute atomic E-state index is 0.0208. The van der Waals surface area contributed by atoms with Gasteiger partial charge in [-0.2, -0.15) is 0 Å². The first-order valence-corrected chi connectivity index (χ1v) is 15.9. The van der Waals surface area contributed by atoms with Gasteiger partial charge in [-0.05, 0) is 0 Å². The molecular weight excluding hydrogens is 815 g/mol. The molecule has 56 valence electrons. The molecule has 0 atom stereocenters. The molecule has 0 amide bonds. The second-order valence-corrected chi connectivity index (χ2v) is 4.05. The van der Waals surface area contributed by atoms with Crippen molar-refractivity contribution in [2.24, 2.45) is 0 Å². The monoisotopic (exact) mass is 820 g/mol. The molecule has 0 rings (SSSR count). The first-order valence-electron chi connectivity index (χ1n) is 2.00. The molecule has 2 nitrogen and oxygen atoms in total. The van der Waals surface area contributed by atoms with Gasteiger partial charge in [0.1, 0.15) is 0 Å². The van der Waals surface area contributed by atoms with Crippen LogP contribution in [-0.2, 0) is 75.9 Å². The standard InChI is InChI=1S/C4H4O2.4W/c1-4(6)2-3-5;;;;/h5H,1H3;;;;. The molecule has 10 heavy (non-hydrogen) atoms. The zero-order valence-corrected chi connectivity index (χ0v) is 16.7. The van der Waals surface area contributed by atoms with Gasteiger partial charge in [0.25, 0.3) is 0 Å². The van der Waals surface area contributed by atoms with E-state index in [1.54, 1.807) is 32.4 Å². The van der Waals surface area contributed by atoms with Gasteiger partial charge in [0.15, 0.2) is 0 Å². The third-order valence-electron chi connectivity index (χ3n) is 0.514. The van der Waals surface area contributed by atoms with Crippen LogP contribution in [-0.4, -0.2) is 18.9 Å². The number of Topliss-reactive ketones (excluding diaryl/α,β-unsaturated/α-hetero) is 1. The zero-order chi connectivity index (χ0) is 8.73. The normalized spacial score (nSPS) is 7.00. The molecule has 0 fully saturated rings. The van der Waals surface area contributed by atoms with Crippen LogP contribution < -0.4 is 0 Å². The van der Waals surface area contributed by atoms with E-state index in [1.807, 2.05) is 0 Å². The molecule has 0 spiro atoms. The van der Waals surface area contributed by atoms with E-state index in [0.29, 0.717) is 3.90 Å². The molecule has 0 aliphatic rings. The van der Waals surface area contributed by atoms with Crippen molar-refractivity contribution in [3.05, 3.63) is 0 Å². The van der Waals surface area contributed by atoms with E-state index in [1.165, 1.54) is 6.92 Å². The van der Waals surface area contributed by atoms with E-state index in [4.69, 9.17) is 5.11 Å². The molecule has 0 heterocycles. The fourth-order valence-corrected chi connectivity index (χ4v) is 0.667. The first-order chi connectivity index (χ1) is 4.55. The van der Waals surface area contributed by atoms with Gasteiger partial charge in [-0.15, -0.1) is 0 Å². The van der Waals surface area contributed by atoms with E-state index >= 15 is 0 Å². The van der Waals surface area contributed by atoms with Gasteiger partial charge in [-0.3, -0.25) is 0 Å². The third-order valence-corrected chi connectivity index (χ3v) is 4.99. The summed E-state index contributed by atoms with van der Waals surface area (Å²) in [5.41, 5.74) is 0. The van der Waals surface area contributed by atoms with E-state index in [-0.39, 0.29) is 9.87 Å². The molecule has 0 aliphatic heterocycles. The van der Waals surface area contributed by atoms with Crippen molar-refractivity contribution in [2.75, 3.05) is 0 Å². The van der Waals surface area contributed by atoms with Crippen LogP contribution in [0.1, 0.15) is 6.92 Å². The van der Waals surface area contributed by atoms with E-state index in [0.717, 1.165) is 38.7 Å². The number of carbonyl (C=O) groups is 1. The Morgan fingerprint density at radius 1 is 1.30 bits per heavy atom. The molecule has 0 bridgehead atoms. The second-order valence-electron chi connectivity index (χ2n) is 1.19. The number of aliphatic hydroxyl groups excluding tert-OH is 1. The van der Waals surface area contributed by atoms with E-state index < -0.39 is 0 Å². The number of carbonyl (C=O) groups excluding carboxylic acids is 1. The van der Waals surface area contributed by atoms with Crippen LogP contribution in [0.4, 0.5) is 0 Å². The molecule has 1 N–H and O–H groups in total. The number of ketones is 1. The molecule has 0 saturated heterocycles. The van der Waals surface area contributed by atoms with Crippen LogP contribution in [0.15, 0.2) is 0 Å². The van der Waals surface area contributed by atoms with Crippen LogP contribution in [0.25, 0.3) is 0 Å². The maximum absolute atomic E-state index is 10.4. The number of hydrogen-bond donors (Lipinski definition) is 1. The zero-order valence-electron chi connectivity index (χ0n) is 4.99. The predicted octanol–water partition coefficient (Wildman–Crippen LogP) is -0.661. The predicted molar refractivity (Wildman–Crippen MR) is 22.6 cm³/mol. The van der Waals surface area contributed by atoms with Crippen molar-refractivity contribution in [3.8, 4) is 0 Å². The molecule has 0 radical (unpaired) electrons. The fraction of sp³-hybridized carbons (Fsp3) is 0.250. The van der Waals surface area contributed by atoms with Gasteiger partial charge in [-0.25, -0.2) is 0 Å². The van der Waals surface area contributed by atoms with Crippen LogP contribution >= 0.6 is 0 Å². The van der Waals surface area contributed by atoms with E-state index in [2.05, 4.69) is 0 Å². The molecular formula is C4H4O2W4. The molecule has 0 unspecified atom stereocenters. The third kappa shape index (κ3) is 8.22. The van der Waals surface area contributed by atoms with E-state index in [9.17, 15) is 4.79 Å². The summed E-state index contributed by atoms with van der Waals surface area (Å²) < 4.78 is 0.785. The van der Waals surface area contributed by atoms with Gasteiger partial charge in [0.2, 0.25) is 0 Å². The van der Waals surface area contributed by atoms with Crippen molar-refractivity contribution in [3.63, 3.8) is 0 Å². The van der Waals surface area contributed by atoms with Gasteiger partial charge in [0, 0.05) is 0 Å². The van der Waals surface area contributed by atoms with Gasteiger partial charge in [0.05, 0.1) is 0 Å². The summed E-state index contributed by atoms with van der Waals surface area (Å²) in [5.74, 6) is -0.0208. The Bertz CT molecular complexity index is 149. The van der Waals surface area contributed by atoms with Crippen LogP contribution in [0.5, 0.6) is 0 Å². The summed E-state index contributed by atoms with van der Waals surface area (Å²) in [7, 11) is 0.